The molecule has 1 N–H and O–H groups in total. The van der Waals surface area contributed by atoms with Crippen molar-refractivity contribution in [2.45, 2.75) is 18.4 Å². The van der Waals surface area contributed by atoms with Crippen molar-refractivity contribution >= 4 is 11.5 Å². The molecule has 0 radical (unpaired) electrons. The van der Waals surface area contributed by atoms with E-state index < -0.39 is 10.5 Å². The Morgan fingerprint density at radius 1 is 1.63 bits per heavy atom. The van der Waals surface area contributed by atoms with E-state index in [-0.39, 0.29) is 11.5 Å². The number of hydrogen-bond acceptors (Lipinski definition) is 6. The highest BCUT2D eigenvalue weighted by molar-refractivity contribution is 5.56. The lowest BCUT2D eigenvalue weighted by molar-refractivity contribution is -0.384. The minimum Gasteiger partial charge on any atom is -0.388 e. The van der Waals surface area contributed by atoms with Gasteiger partial charge in [-0.05, 0) is 0 Å². The molecule has 8 heteroatoms. The van der Waals surface area contributed by atoms with Gasteiger partial charge in [0.15, 0.2) is 0 Å². The maximum absolute atomic E-state index is 11.0. The first-order valence-corrected chi connectivity index (χ1v) is 6.11. The summed E-state index contributed by atoms with van der Waals surface area (Å²) >= 11 is 0. The van der Waals surface area contributed by atoms with Crippen molar-refractivity contribution in [1.29, 1.82) is 0 Å². The van der Waals surface area contributed by atoms with Crippen LogP contribution in [0.4, 0.5) is 11.5 Å². The second-order valence-corrected chi connectivity index (χ2v) is 4.96. The van der Waals surface area contributed by atoms with Gasteiger partial charge in [-0.15, -0.1) is 5.10 Å². The lowest BCUT2D eigenvalue weighted by Crippen LogP contribution is -2.46. The van der Waals surface area contributed by atoms with Crippen molar-refractivity contribution in [3.63, 3.8) is 0 Å². The molecule has 0 amide bonds. The van der Waals surface area contributed by atoms with Crippen LogP contribution < -0.4 is 4.90 Å². The molecular weight excluding hydrogens is 252 g/mol. The van der Waals surface area contributed by atoms with E-state index in [1.54, 1.807) is 19.0 Å². The summed E-state index contributed by atoms with van der Waals surface area (Å²) in [6.45, 7) is 1.32. The van der Waals surface area contributed by atoms with Crippen LogP contribution in [0.5, 0.6) is 0 Å². The van der Waals surface area contributed by atoms with E-state index in [9.17, 15) is 15.2 Å². The molecule has 1 fully saturated rings. The van der Waals surface area contributed by atoms with Crippen LogP contribution in [0, 0.1) is 10.1 Å². The van der Waals surface area contributed by atoms with Crippen LogP contribution in [0.3, 0.4) is 0 Å². The van der Waals surface area contributed by atoms with Crippen LogP contribution in [0.2, 0.25) is 0 Å². The van der Waals surface area contributed by atoms with Crippen molar-refractivity contribution < 1.29 is 14.8 Å². The maximum Gasteiger partial charge on any atom is 0.330 e. The molecule has 2 heterocycles. The molecule has 1 aliphatic rings. The topological polar surface area (TPSA) is 93.7 Å². The van der Waals surface area contributed by atoms with Crippen molar-refractivity contribution in [3.8, 4) is 0 Å². The molecule has 0 bridgehead atoms. The average Bonchev–Trinajstić information content (AvgIpc) is 2.72. The third kappa shape index (κ3) is 3.02. The molecule has 1 aromatic rings. The Bertz CT molecular complexity index is 467. The Morgan fingerprint density at radius 2 is 2.26 bits per heavy atom. The summed E-state index contributed by atoms with van der Waals surface area (Å²) in [6, 6.07) is 0. The Hall–Kier alpha value is -1.67. The lowest BCUT2D eigenvalue weighted by Gasteiger charge is -2.35. The normalized spacial score (nSPS) is 18.3. The fourth-order valence-electron chi connectivity index (χ4n) is 2.29. The number of hydrogen-bond donors (Lipinski definition) is 1. The van der Waals surface area contributed by atoms with Crippen LogP contribution in [0.15, 0.2) is 6.20 Å². The SMILES string of the molecule is CN(CC1(O)CCOCC1)c1nn(C)cc1[N+](=O)[O-]. The molecule has 1 aromatic heterocycles. The van der Waals surface area contributed by atoms with Gasteiger partial charge in [0.05, 0.1) is 10.5 Å². The minimum absolute atomic E-state index is 0.0549. The quantitative estimate of drug-likeness (QED) is 0.625. The number of nitro groups is 1. The zero-order valence-electron chi connectivity index (χ0n) is 11.1. The van der Waals surface area contributed by atoms with Gasteiger partial charge in [-0.1, -0.05) is 0 Å². The van der Waals surface area contributed by atoms with E-state index >= 15 is 0 Å². The predicted molar refractivity (Wildman–Crippen MR) is 68.1 cm³/mol. The first kappa shape index (κ1) is 13.8. The summed E-state index contributed by atoms with van der Waals surface area (Å²) in [5.41, 5.74) is -0.932. The van der Waals surface area contributed by atoms with Crippen LogP contribution in [-0.4, -0.2) is 52.2 Å². The molecule has 0 spiro atoms. The maximum atomic E-state index is 11.0. The second kappa shape index (κ2) is 5.14. The lowest BCUT2D eigenvalue weighted by atomic mass is 9.94. The van der Waals surface area contributed by atoms with E-state index in [1.165, 1.54) is 10.9 Å². The van der Waals surface area contributed by atoms with Gasteiger partial charge in [0.1, 0.15) is 6.20 Å². The van der Waals surface area contributed by atoms with Gasteiger partial charge in [-0.3, -0.25) is 14.8 Å². The Labute approximate surface area is 110 Å². The highest BCUT2D eigenvalue weighted by Gasteiger charge is 2.33. The number of aryl methyl sites for hydroxylation is 1. The molecule has 2 rings (SSSR count). The van der Waals surface area contributed by atoms with Crippen LogP contribution >= 0.6 is 0 Å². The van der Waals surface area contributed by atoms with Crippen LogP contribution in [0.1, 0.15) is 12.8 Å². The molecule has 8 nitrogen and oxygen atoms in total. The number of rotatable bonds is 4. The highest BCUT2D eigenvalue weighted by atomic mass is 16.6. The van der Waals surface area contributed by atoms with Crippen molar-refractivity contribution in [2.24, 2.45) is 7.05 Å². The number of likely N-dealkylation sites (N-methyl/N-ethyl adjacent to an activating group) is 1. The largest absolute Gasteiger partial charge is 0.388 e. The standard InChI is InChI=1S/C11H18N4O4/c1-13(8-11(16)3-5-19-6-4-11)10-9(15(17)18)7-14(2)12-10/h7,16H,3-6,8H2,1-2H3. The number of ether oxygens (including phenoxy) is 1. The third-order valence-electron chi connectivity index (χ3n) is 3.30. The molecule has 19 heavy (non-hydrogen) atoms. The molecule has 0 unspecified atom stereocenters. The van der Waals surface area contributed by atoms with E-state index in [4.69, 9.17) is 4.74 Å². The third-order valence-corrected chi connectivity index (χ3v) is 3.30. The molecule has 1 saturated heterocycles. The molecular formula is C11H18N4O4. The fraction of sp³-hybridized carbons (Fsp3) is 0.727. The highest BCUT2D eigenvalue weighted by Crippen LogP contribution is 2.28. The van der Waals surface area contributed by atoms with E-state index in [2.05, 4.69) is 5.10 Å². The minimum atomic E-state index is -0.877. The number of nitrogens with zero attached hydrogens (tertiary/aromatic N) is 4. The van der Waals surface area contributed by atoms with Crippen molar-refractivity contribution in [3.05, 3.63) is 16.3 Å². The van der Waals surface area contributed by atoms with Crippen molar-refractivity contribution in [2.75, 3.05) is 31.7 Å². The molecule has 1 aliphatic heterocycles. The zero-order chi connectivity index (χ0) is 14.0. The van der Waals surface area contributed by atoms with Crippen LogP contribution in [0.25, 0.3) is 0 Å². The van der Waals surface area contributed by atoms with Gasteiger partial charge < -0.3 is 14.7 Å². The van der Waals surface area contributed by atoms with Gasteiger partial charge in [0.2, 0.25) is 5.82 Å². The fourth-order valence-corrected chi connectivity index (χ4v) is 2.29. The summed E-state index contributed by atoms with van der Waals surface area (Å²) < 4.78 is 6.61. The summed E-state index contributed by atoms with van der Waals surface area (Å²) in [7, 11) is 3.33. The first-order chi connectivity index (χ1) is 8.91. The molecule has 106 valence electrons. The monoisotopic (exact) mass is 270 g/mol. The van der Waals surface area contributed by atoms with Gasteiger partial charge >= 0.3 is 5.69 Å². The zero-order valence-corrected chi connectivity index (χ0v) is 11.1. The summed E-state index contributed by atoms with van der Waals surface area (Å²) in [4.78, 5) is 12.1. The summed E-state index contributed by atoms with van der Waals surface area (Å²) in [5, 5.41) is 25.5. The summed E-state index contributed by atoms with van der Waals surface area (Å²) in [5.74, 6) is 0.271. The van der Waals surface area contributed by atoms with E-state index in [0.717, 1.165) is 0 Å². The Kier molecular flexibility index (Phi) is 3.72. The first-order valence-electron chi connectivity index (χ1n) is 6.11. The van der Waals surface area contributed by atoms with E-state index in [0.29, 0.717) is 32.6 Å². The number of aliphatic hydroxyl groups is 1. The number of anilines is 1. The Balaban J connectivity index is 2.15. The molecule has 0 saturated carbocycles. The van der Waals surface area contributed by atoms with Crippen molar-refractivity contribution in [1.82, 2.24) is 9.78 Å². The van der Waals surface area contributed by atoms with Crippen LogP contribution in [-0.2, 0) is 11.8 Å². The smallest absolute Gasteiger partial charge is 0.330 e. The summed E-state index contributed by atoms with van der Waals surface area (Å²) in [6.07, 6.45) is 2.41. The molecule has 0 aromatic carbocycles. The number of aromatic nitrogens is 2. The second-order valence-electron chi connectivity index (χ2n) is 4.96. The molecule has 0 aliphatic carbocycles. The van der Waals surface area contributed by atoms with Gasteiger partial charge in [-0.2, -0.15) is 0 Å². The predicted octanol–water partition coefficient (Wildman–Crippen LogP) is 0.306. The van der Waals surface area contributed by atoms with E-state index in [1.807, 2.05) is 0 Å². The van der Waals surface area contributed by atoms with Gasteiger partial charge in [0.25, 0.3) is 0 Å². The van der Waals surface area contributed by atoms with Gasteiger partial charge in [-0.25, -0.2) is 0 Å². The molecule has 0 atom stereocenters. The Morgan fingerprint density at radius 3 is 2.84 bits per heavy atom. The van der Waals surface area contributed by atoms with Gasteiger partial charge in [0, 0.05) is 46.7 Å². The average molecular weight is 270 g/mol.